The molecule has 0 bridgehead atoms. The van der Waals surface area contributed by atoms with Gasteiger partial charge in [-0.3, -0.25) is 9.78 Å². The molecule has 9 heteroatoms. The van der Waals surface area contributed by atoms with Crippen LogP contribution in [0.5, 0.6) is 0 Å². The van der Waals surface area contributed by atoms with Crippen LogP contribution in [0.4, 0.5) is 5.69 Å². The topological polar surface area (TPSA) is 103 Å². The van der Waals surface area contributed by atoms with Gasteiger partial charge in [0, 0.05) is 42.0 Å². The van der Waals surface area contributed by atoms with Gasteiger partial charge in [-0.2, -0.15) is 0 Å². The molecule has 160 valence electrons. The van der Waals surface area contributed by atoms with E-state index in [-0.39, 0.29) is 5.91 Å². The Morgan fingerprint density at radius 2 is 1.84 bits per heavy atom. The second-order valence-corrected chi connectivity index (χ2v) is 8.47. The smallest absolute Gasteiger partial charge is 0.274 e. The van der Waals surface area contributed by atoms with E-state index >= 15 is 0 Å². The Kier molecular flexibility index (Phi) is 4.34. The maximum absolute atomic E-state index is 12.9. The summed E-state index contributed by atoms with van der Waals surface area (Å²) >= 11 is 0. The van der Waals surface area contributed by atoms with Crippen molar-refractivity contribution in [2.24, 2.45) is 7.05 Å². The molecule has 2 saturated carbocycles. The third-order valence-electron chi connectivity index (χ3n) is 5.99. The highest BCUT2D eigenvalue weighted by molar-refractivity contribution is 6.03. The quantitative estimate of drug-likeness (QED) is 0.505. The predicted octanol–water partition coefficient (Wildman–Crippen LogP) is 3.60. The van der Waals surface area contributed by atoms with Crippen molar-refractivity contribution in [3.05, 3.63) is 60.4 Å². The normalized spacial score (nSPS) is 15.7. The fraction of sp³-hybridized carbons (Fsp3) is 0.304. The molecule has 0 spiro atoms. The highest BCUT2D eigenvalue weighted by atomic mass is 16.1. The van der Waals surface area contributed by atoms with Gasteiger partial charge in [-0.15, -0.1) is 20.4 Å². The number of nitrogens with zero attached hydrogens (tertiary/aromatic N) is 7. The second-order valence-electron chi connectivity index (χ2n) is 8.47. The Balaban J connectivity index is 1.24. The first-order valence-corrected chi connectivity index (χ1v) is 10.8. The molecule has 0 radical (unpaired) electrons. The maximum Gasteiger partial charge on any atom is 0.274 e. The van der Waals surface area contributed by atoms with Crippen LogP contribution in [-0.4, -0.2) is 40.4 Å². The van der Waals surface area contributed by atoms with Crippen molar-refractivity contribution in [3.8, 4) is 22.8 Å². The monoisotopic (exact) mass is 426 g/mol. The SMILES string of the molecule is Cn1c(-c2ccnc(C(=O)Nc3cccc(-c4nncn4C4CC4)c3)c2)nnc1C1CC1. The summed E-state index contributed by atoms with van der Waals surface area (Å²) in [7, 11) is 1.97. The number of benzene rings is 1. The van der Waals surface area contributed by atoms with E-state index in [1.54, 1.807) is 18.6 Å². The van der Waals surface area contributed by atoms with E-state index in [0.29, 0.717) is 23.3 Å². The zero-order valence-electron chi connectivity index (χ0n) is 17.6. The molecule has 2 aliphatic carbocycles. The Labute approximate surface area is 184 Å². The molecule has 1 aromatic carbocycles. The van der Waals surface area contributed by atoms with Gasteiger partial charge in [0.05, 0.1) is 0 Å². The largest absolute Gasteiger partial charge is 0.321 e. The van der Waals surface area contributed by atoms with Gasteiger partial charge in [-0.05, 0) is 49.9 Å². The van der Waals surface area contributed by atoms with Crippen LogP contribution in [0.1, 0.15) is 54.0 Å². The van der Waals surface area contributed by atoms with E-state index in [4.69, 9.17) is 0 Å². The highest BCUT2D eigenvalue weighted by Crippen LogP contribution is 2.40. The summed E-state index contributed by atoms with van der Waals surface area (Å²) in [6.45, 7) is 0. The van der Waals surface area contributed by atoms with Crippen molar-refractivity contribution in [2.45, 2.75) is 37.6 Å². The van der Waals surface area contributed by atoms with Crippen molar-refractivity contribution < 1.29 is 4.79 Å². The van der Waals surface area contributed by atoms with E-state index in [1.165, 1.54) is 0 Å². The van der Waals surface area contributed by atoms with Gasteiger partial charge >= 0.3 is 0 Å². The standard InChI is InChI=1S/C23H22N8O/c1-30-20(14-5-6-14)28-29-21(30)16-9-10-24-19(12-16)23(32)26-17-4-2-3-15(11-17)22-27-25-13-31(22)18-7-8-18/h2-4,9-14,18H,5-8H2,1H3,(H,26,32). The molecule has 1 N–H and O–H groups in total. The fourth-order valence-electron chi connectivity index (χ4n) is 3.98. The molecule has 0 aliphatic heterocycles. The molecular formula is C23H22N8O. The van der Waals surface area contributed by atoms with Crippen LogP contribution in [0.2, 0.25) is 0 Å². The first-order chi connectivity index (χ1) is 15.7. The zero-order chi connectivity index (χ0) is 21.7. The van der Waals surface area contributed by atoms with Gasteiger partial charge in [-0.1, -0.05) is 12.1 Å². The van der Waals surface area contributed by atoms with Crippen LogP contribution in [0.15, 0.2) is 48.9 Å². The first kappa shape index (κ1) is 18.9. The Morgan fingerprint density at radius 1 is 1.00 bits per heavy atom. The molecule has 0 unspecified atom stereocenters. The Bertz CT molecular complexity index is 1320. The summed E-state index contributed by atoms with van der Waals surface area (Å²) in [6.07, 6.45) is 8.02. The summed E-state index contributed by atoms with van der Waals surface area (Å²) in [6, 6.07) is 11.7. The van der Waals surface area contributed by atoms with Crippen LogP contribution in [0.25, 0.3) is 22.8 Å². The second kappa shape index (κ2) is 7.37. The van der Waals surface area contributed by atoms with Crippen molar-refractivity contribution in [2.75, 3.05) is 5.32 Å². The molecule has 6 rings (SSSR count). The van der Waals surface area contributed by atoms with Gasteiger partial charge in [0.2, 0.25) is 0 Å². The number of aromatic nitrogens is 7. The first-order valence-electron chi connectivity index (χ1n) is 10.8. The lowest BCUT2D eigenvalue weighted by Crippen LogP contribution is -2.14. The number of nitrogens with one attached hydrogen (secondary N) is 1. The third-order valence-corrected chi connectivity index (χ3v) is 5.99. The summed E-state index contributed by atoms with van der Waals surface area (Å²) in [5, 5.41) is 20.0. The van der Waals surface area contributed by atoms with Gasteiger partial charge < -0.3 is 14.5 Å². The molecule has 2 fully saturated rings. The van der Waals surface area contributed by atoms with Gasteiger partial charge in [0.1, 0.15) is 17.8 Å². The van der Waals surface area contributed by atoms with E-state index in [9.17, 15) is 4.79 Å². The maximum atomic E-state index is 12.9. The minimum atomic E-state index is -0.280. The van der Waals surface area contributed by atoms with Crippen molar-refractivity contribution >= 4 is 11.6 Å². The average molecular weight is 426 g/mol. The number of amides is 1. The Hall–Kier alpha value is -3.88. The van der Waals surface area contributed by atoms with Crippen LogP contribution in [0, 0.1) is 0 Å². The fourth-order valence-corrected chi connectivity index (χ4v) is 3.98. The number of anilines is 1. The van der Waals surface area contributed by atoms with E-state index in [0.717, 1.165) is 54.3 Å². The molecular weight excluding hydrogens is 404 g/mol. The van der Waals surface area contributed by atoms with E-state index in [2.05, 4.69) is 35.3 Å². The lowest BCUT2D eigenvalue weighted by atomic mass is 10.1. The van der Waals surface area contributed by atoms with E-state index in [1.807, 2.05) is 41.9 Å². The number of rotatable bonds is 6. The van der Waals surface area contributed by atoms with Crippen molar-refractivity contribution in [1.82, 2.24) is 34.5 Å². The molecule has 3 aromatic heterocycles. The number of pyridine rings is 1. The van der Waals surface area contributed by atoms with Crippen LogP contribution >= 0.6 is 0 Å². The highest BCUT2D eigenvalue weighted by Gasteiger charge is 2.29. The van der Waals surface area contributed by atoms with Crippen LogP contribution in [0.3, 0.4) is 0 Å². The van der Waals surface area contributed by atoms with Crippen LogP contribution in [-0.2, 0) is 7.05 Å². The number of carbonyl (C=O) groups excluding carboxylic acids is 1. The van der Waals surface area contributed by atoms with Gasteiger partial charge in [0.15, 0.2) is 11.6 Å². The number of hydrogen-bond acceptors (Lipinski definition) is 6. The van der Waals surface area contributed by atoms with Crippen LogP contribution < -0.4 is 5.32 Å². The Morgan fingerprint density at radius 3 is 2.66 bits per heavy atom. The minimum Gasteiger partial charge on any atom is -0.321 e. The summed E-state index contributed by atoms with van der Waals surface area (Å²) in [5.74, 6) is 2.78. The molecule has 0 atom stereocenters. The number of carbonyl (C=O) groups is 1. The lowest BCUT2D eigenvalue weighted by Gasteiger charge is -2.09. The summed E-state index contributed by atoms with van der Waals surface area (Å²) in [4.78, 5) is 17.2. The zero-order valence-corrected chi connectivity index (χ0v) is 17.6. The average Bonchev–Trinajstić information content (AvgIpc) is 3.75. The molecule has 9 nitrogen and oxygen atoms in total. The molecule has 2 aliphatic rings. The molecule has 1 amide bonds. The van der Waals surface area contributed by atoms with Crippen molar-refractivity contribution in [1.29, 1.82) is 0 Å². The third kappa shape index (κ3) is 3.45. The number of hydrogen-bond donors (Lipinski definition) is 1. The molecule has 0 saturated heterocycles. The van der Waals surface area contributed by atoms with Gasteiger partial charge in [-0.25, -0.2) is 0 Å². The van der Waals surface area contributed by atoms with Crippen molar-refractivity contribution in [3.63, 3.8) is 0 Å². The molecule has 32 heavy (non-hydrogen) atoms. The minimum absolute atomic E-state index is 0.280. The predicted molar refractivity (Wildman–Crippen MR) is 118 cm³/mol. The summed E-state index contributed by atoms with van der Waals surface area (Å²) in [5.41, 5.74) is 2.74. The molecule has 4 aromatic rings. The van der Waals surface area contributed by atoms with Gasteiger partial charge in [0.25, 0.3) is 5.91 Å². The molecule has 3 heterocycles. The van der Waals surface area contributed by atoms with E-state index < -0.39 is 0 Å². The summed E-state index contributed by atoms with van der Waals surface area (Å²) < 4.78 is 4.11. The lowest BCUT2D eigenvalue weighted by molar-refractivity contribution is 0.102.